The maximum atomic E-state index is 12.8. The monoisotopic (exact) mass is 308 g/mol. The highest BCUT2D eigenvalue weighted by atomic mass is 19.1. The van der Waals surface area contributed by atoms with Crippen LogP contribution in [0.2, 0.25) is 0 Å². The summed E-state index contributed by atoms with van der Waals surface area (Å²) in [6, 6.07) is 7.29. The van der Waals surface area contributed by atoms with Gasteiger partial charge in [0.1, 0.15) is 11.6 Å². The highest BCUT2D eigenvalue weighted by Crippen LogP contribution is 2.18. The van der Waals surface area contributed by atoms with E-state index in [0.29, 0.717) is 18.7 Å². The molecule has 2 heterocycles. The van der Waals surface area contributed by atoms with Crippen molar-refractivity contribution >= 4 is 0 Å². The van der Waals surface area contributed by atoms with E-state index in [2.05, 4.69) is 16.7 Å². The summed E-state index contributed by atoms with van der Waals surface area (Å²) in [6.45, 7) is 9.02. The minimum atomic E-state index is -0.228. The van der Waals surface area contributed by atoms with Gasteiger partial charge in [0, 0.05) is 38.3 Å². The first-order valence-corrected chi connectivity index (χ1v) is 8.16. The Morgan fingerprint density at radius 2 is 2.05 bits per heavy atom. The number of hydrogen-bond donors (Lipinski definition) is 0. The van der Waals surface area contributed by atoms with Gasteiger partial charge in [-0.25, -0.2) is 4.39 Å². The summed E-state index contributed by atoms with van der Waals surface area (Å²) in [4.78, 5) is 5.08. The van der Waals surface area contributed by atoms with Gasteiger partial charge in [-0.2, -0.15) is 0 Å². The molecule has 4 nitrogen and oxygen atoms in total. The van der Waals surface area contributed by atoms with Crippen molar-refractivity contribution in [2.75, 3.05) is 46.0 Å². The Labute approximate surface area is 131 Å². The van der Waals surface area contributed by atoms with Crippen molar-refractivity contribution < 1.29 is 13.9 Å². The van der Waals surface area contributed by atoms with E-state index in [-0.39, 0.29) is 5.82 Å². The van der Waals surface area contributed by atoms with Gasteiger partial charge in [-0.05, 0) is 37.6 Å². The van der Waals surface area contributed by atoms with E-state index >= 15 is 0 Å². The molecule has 0 radical (unpaired) electrons. The number of benzene rings is 1. The molecule has 0 amide bonds. The fourth-order valence-electron chi connectivity index (χ4n) is 3.34. The van der Waals surface area contributed by atoms with E-state index in [1.54, 1.807) is 12.1 Å². The largest absolute Gasteiger partial charge is 0.494 e. The van der Waals surface area contributed by atoms with Crippen molar-refractivity contribution in [2.24, 2.45) is 0 Å². The average molecular weight is 308 g/mol. The summed E-state index contributed by atoms with van der Waals surface area (Å²) < 4.78 is 24.1. The van der Waals surface area contributed by atoms with Gasteiger partial charge in [0.15, 0.2) is 0 Å². The molecular formula is C17H25FN2O2. The smallest absolute Gasteiger partial charge is 0.123 e. The highest BCUT2D eigenvalue weighted by Gasteiger charge is 2.33. The zero-order chi connectivity index (χ0) is 15.4. The fraction of sp³-hybridized carbons (Fsp3) is 0.647. The molecule has 0 saturated carbocycles. The molecule has 2 atom stereocenters. The van der Waals surface area contributed by atoms with Crippen LogP contribution in [0.5, 0.6) is 5.75 Å². The molecule has 0 spiro atoms. The van der Waals surface area contributed by atoms with Gasteiger partial charge < -0.3 is 14.4 Å². The van der Waals surface area contributed by atoms with Crippen LogP contribution in [0.15, 0.2) is 24.3 Å². The zero-order valence-electron chi connectivity index (χ0n) is 13.2. The molecular weight excluding hydrogens is 283 g/mol. The van der Waals surface area contributed by atoms with Crippen LogP contribution < -0.4 is 4.74 Å². The first kappa shape index (κ1) is 15.7. The third-order valence-electron chi connectivity index (χ3n) is 4.55. The first-order valence-electron chi connectivity index (χ1n) is 8.16. The number of hydrogen-bond acceptors (Lipinski definition) is 4. The van der Waals surface area contributed by atoms with Crippen LogP contribution >= 0.6 is 0 Å². The molecule has 22 heavy (non-hydrogen) atoms. The molecule has 2 fully saturated rings. The number of piperazine rings is 1. The Morgan fingerprint density at radius 1 is 1.23 bits per heavy atom. The van der Waals surface area contributed by atoms with Crippen LogP contribution in [0.1, 0.15) is 13.3 Å². The molecule has 2 aliphatic heterocycles. The molecule has 3 rings (SSSR count). The number of fused-ring (bicyclic) bond motifs is 1. The van der Waals surface area contributed by atoms with Gasteiger partial charge in [-0.1, -0.05) is 0 Å². The van der Waals surface area contributed by atoms with Gasteiger partial charge in [0.05, 0.1) is 19.8 Å². The Kier molecular flexibility index (Phi) is 5.28. The molecule has 0 N–H and O–H groups in total. The van der Waals surface area contributed by atoms with Crippen LogP contribution in [0.4, 0.5) is 4.39 Å². The number of rotatable bonds is 5. The third-order valence-corrected chi connectivity index (χ3v) is 4.55. The summed E-state index contributed by atoms with van der Waals surface area (Å²) in [6.07, 6.45) is 0.987. The summed E-state index contributed by atoms with van der Waals surface area (Å²) >= 11 is 0. The van der Waals surface area contributed by atoms with Gasteiger partial charge in [-0.3, -0.25) is 4.90 Å². The van der Waals surface area contributed by atoms with Crippen molar-refractivity contribution in [1.29, 1.82) is 0 Å². The topological polar surface area (TPSA) is 24.9 Å². The van der Waals surface area contributed by atoms with Crippen molar-refractivity contribution in [3.8, 4) is 5.75 Å². The molecule has 0 unspecified atom stereocenters. The molecule has 2 saturated heterocycles. The van der Waals surface area contributed by atoms with E-state index in [9.17, 15) is 4.39 Å². The van der Waals surface area contributed by atoms with Crippen LogP contribution in [0.25, 0.3) is 0 Å². The van der Waals surface area contributed by atoms with Crippen LogP contribution in [-0.2, 0) is 4.74 Å². The lowest BCUT2D eigenvalue weighted by Gasteiger charge is -2.47. The van der Waals surface area contributed by atoms with Crippen LogP contribution in [-0.4, -0.2) is 67.9 Å². The Balaban J connectivity index is 1.37. The molecule has 1 aromatic rings. The molecule has 2 aliphatic rings. The first-order chi connectivity index (χ1) is 10.7. The van der Waals surface area contributed by atoms with Crippen LogP contribution in [0.3, 0.4) is 0 Å². The quantitative estimate of drug-likeness (QED) is 0.777. The molecule has 5 heteroatoms. The predicted octanol–water partition coefficient (Wildman–Crippen LogP) is 2.00. The van der Waals surface area contributed by atoms with Gasteiger partial charge in [0.25, 0.3) is 0 Å². The van der Waals surface area contributed by atoms with Crippen molar-refractivity contribution in [1.82, 2.24) is 9.80 Å². The number of ether oxygens (including phenoxy) is 2. The molecule has 0 aromatic heterocycles. The van der Waals surface area contributed by atoms with Crippen LogP contribution in [0, 0.1) is 5.82 Å². The van der Waals surface area contributed by atoms with E-state index in [4.69, 9.17) is 9.47 Å². The minimum absolute atomic E-state index is 0.228. The third kappa shape index (κ3) is 3.97. The average Bonchev–Trinajstić information content (AvgIpc) is 2.53. The second-order valence-corrected chi connectivity index (χ2v) is 6.23. The molecule has 1 aromatic carbocycles. The summed E-state index contributed by atoms with van der Waals surface area (Å²) in [7, 11) is 0. The molecule has 0 aliphatic carbocycles. The number of nitrogens with zero attached hydrogens (tertiary/aromatic N) is 2. The number of morpholine rings is 1. The van der Waals surface area contributed by atoms with Crippen molar-refractivity contribution in [3.05, 3.63) is 30.1 Å². The van der Waals surface area contributed by atoms with E-state index in [1.807, 2.05) is 0 Å². The predicted molar refractivity (Wildman–Crippen MR) is 83.7 cm³/mol. The Bertz CT molecular complexity index is 468. The standard InChI is InChI=1S/C17H25FN2O2/c1-14-12-21-13-16-11-19(8-9-20(14)16)7-2-10-22-17-5-3-15(18)4-6-17/h3-6,14,16H,2,7-13H2,1H3/t14-,16+/m0/s1. The maximum absolute atomic E-state index is 12.8. The summed E-state index contributed by atoms with van der Waals surface area (Å²) in [5, 5.41) is 0. The highest BCUT2D eigenvalue weighted by molar-refractivity contribution is 5.21. The second kappa shape index (κ2) is 7.40. The summed E-state index contributed by atoms with van der Waals surface area (Å²) in [5.41, 5.74) is 0. The molecule has 122 valence electrons. The van der Waals surface area contributed by atoms with Crippen molar-refractivity contribution in [3.63, 3.8) is 0 Å². The number of halogens is 1. The van der Waals surface area contributed by atoms with Gasteiger partial charge >= 0.3 is 0 Å². The SMILES string of the molecule is C[C@H]1COC[C@H]2CN(CCCOc3ccc(F)cc3)CCN21. The lowest BCUT2D eigenvalue weighted by Crippen LogP contribution is -2.61. The maximum Gasteiger partial charge on any atom is 0.123 e. The zero-order valence-corrected chi connectivity index (χ0v) is 13.2. The second-order valence-electron chi connectivity index (χ2n) is 6.23. The summed E-state index contributed by atoms with van der Waals surface area (Å²) in [5.74, 6) is 0.509. The molecule has 0 bridgehead atoms. The normalized spacial score (nSPS) is 26.6. The Morgan fingerprint density at radius 3 is 2.86 bits per heavy atom. The minimum Gasteiger partial charge on any atom is -0.494 e. The van der Waals surface area contributed by atoms with E-state index < -0.39 is 0 Å². The van der Waals surface area contributed by atoms with Gasteiger partial charge in [0.2, 0.25) is 0 Å². The van der Waals surface area contributed by atoms with Crippen molar-refractivity contribution in [2.45, 2.75) is 25.4 Å². The fourth-order valence-corrected chi connectivity index (χ4v) is 3.34. The van der Waals surface area contributed by atoms with E-state index in [0.717, 1.165) is 51.6 Å². The lowest BCUT2D eigenvalue weighted by atomic mass is 10.1. The lowest BCUT2D eigenvalue weighted by molar-refractivity contribution is -0.0755. The Hall–Kier alpha value is -1.17. The van der Waals surface area contributed by atoms with Gasteiger partial charge in [-0.15, -0.1) is 0 Å². The van der Waals surface area contributed by atoms with E-state index in [1.165, 1.54) is 12.1 Å².